The third-order valence-electron chi connectivity index (χ3n) is 8.78. The van der Waals surface area contributed by atoms with Crippen molar-refractivity contribution in [2.45, 2.75) is 50.6 Å². The molecule has 3 amide bonds. The van der Waals surface area contributed by atoms with Crippen molar-refractivity contribution in [1.29, 1.82) is 0 Å². The largest absolute Gasteiger partial charge is 0.465 e. The van der Waals surface area contributed by atoms with Crippen molar-refractivity contribution in [3.05, 3.63) is 108 Å². The molecule has 0 aliphatic heterocycles. The minimum atomic E-state index is -0.973. The van der Waals surface area contributed by atoms with Gasteiger partial charge in [0.15, 0.2) is 5.96 Å². The monoisotopic (exact) mass is 680 g/mol. The standard InChI is InChI=1S/C39H48N6O5/c1-5-22-42-38(49)35(26-15-8-7-9-16-26)45-37(48)33(6-2)44-36(47)27(17-14-23-43-39(40-3)41-4)24-34(46)50-25-32-30-20-12-10-18-28(30)29-19-11-13-21-31(29)32/h5,7-13,15-16,18-21,27,32-33,35H,1,6,14,17,22-25H2,2-4H3,(H,42,49)(H,44,47)(H,45,48)(H2,40,41,43)/t27-,33+,35-/m1/s1. The number of benzene rings is 3. The van der Waals surface area contributed by atoms with Gasteiger partial charge in [-0.25, -0.2) is 0 Å². The molecule has 0 aromatic heterocycles. The fourth-order valence-corrected chi connectivity index (χ4v) is 6.14. The molecule has 4 rings (SSSR count). The molecule has 264 valence electrons. The van der Waals surface area contributed by atoms with Gasteiger partial charge in [-0.3, -0.25) is 24.2 Å². The van der Waals surface area contributed by atoms with Gasteiger partial charge in [-0.15, -0.1) is 6.58 Å². The number of aliphatic imine (C=N–C) groups is 1. The number of guanidine groups is 1. The van der Waals surface area contributed by atoms with Crippen molar-refractivity contribution in [2.75, 3.05) is 33.8 Å². The molecule has 0 spiro atoms. The van der Waals surface area contributed by atoms with E-state index in [1.807, 2.05) is 30.3 Å². The SMILES string of the molecule is C=CCNC(=O)[C@H](NC(=O)[C@H](CC)NC(=O)[C@H](CCCNC(=NC)NC)CC(=O)OCC1c2ccccc2-c2ccccc21)c1ccccc1. The first kappa shape index (κ1) is 37.4. The third kappa shape index (κ3) is 9.81. The summed E-state index contributed by atoms with van der Waals surface area (Å²) in [5.41, 5.74) is 5.05. The van der Waals surface area contributed by atoms with Gasteiger partial charge in [0.2, 0.25) is 17.7 Å². The van der Waals surface area contributed by atoms with Crippen LogP contribution in [0.2, 0.25) is 0 Å². The average molecular weight is 681 g/mol. The number of fused-ring (bicyclic) bond motifs is 3. The molecule has 3 atom stereocenters. The van der Waals surface area contributed by atoms with Crippen molar-refractivity contribution < 1.29 is 23.9 Å². The molecular formula is C39H48N6O5. The number of rotatable bonds is 17. The number of esters is 1. The number of nitrogens with one attached hydrogen (secondary N) is 5. The quantitative estimate of drug-likeness (QED) is 0.0476. The summed E-state index contributed by atoms with van der Waals surface area (Å²) in [7, 11) is 3.41. The van der Waals surface area contributed by atoms with Crippen LogP contribution in [0.25, 0.3) is 11.1 Å². The molecule has 0 saturated heterocycles. The average Bonchev–Trinajstić information content (AvgIpc) is 3.47. The summed E-state index contributed by atoms with van der Waals surface area (Å²) in [4.78, 5) is 57.7. The molecule has 0 fully saturated rings. The minimum Gasteiger partial charge on any atom is -0.465 e. The van der Waals surface area contributed by atoms with Crippen LogP contribution >= 0.6 is 0 Å². The van der Waals surface area contributed by atoms with Crippen LogP contribution in [0.1, 0.15) is 61.3 Å². The number of nitrogens with zero attached hydrogens (tertiary/aromatic N) is 1. The van der Waals surface area contributed by atoms with Gasteiger partial charge in [0, 0.05) is 39.0 Å². The Hall–Kier alpha value is -5.45. The number of carbonyl (C=O) groups excluding carboxylic acids is 4. The summed E-state index contributed by atoms with van der Waals surface area (Å²) in [5.74, 6) is -2.10. The second kappa shape index (κ2) is 18.9. The molecule has 0 saturated carbocycles. The Balaban J connectivity index is 1.44. The molecule has 0 heterocycles. The van der Waals surface area contributed by atoms with Gasteiger partial charge in [0.25, 0.3) is 0 Å². The minimum absolute atomic E-state index is 0.106. The van der Waals surface area contributed by atoms with E-state index in [0.717, 1.165) is 22.3 Å². The van der Waals surface area contributed by atoms with Crippen LogP contribution in [-0.4, -0.2) is 69.5 Å². The molecule has 1 aliphatic carbocycles. The summed E-state index contributed by atoms with van der Waals surface area (Å²) in [6, 6.07) is 23.2. The number of carbonyl (C=O) groups is 4. The summed E-state index contributed by atoms with van der Waals surface area (Å²) in [6.07, 6.45) is 2.58. The lowest BCUT2D eigenvalue weighted by molar-refractivity contribution is -0.147. The Morgan fingerprint density at radius 3 is 2.10 bits per heavy atom. The molecule has 5 N–H and O–H groups in total. The van der Waals surface area contributed by atoms with Gasteiger partial charge in [0.05, 0.1) is 6.42 Å². The van der Waals surface area contributed by atoms with Gasteiger partial charge < -0.3 is 31.3 Å². The maximum absolute atomic E-state index is 13.8. The van der Waals surface area contributed by atoms with E-state index in [1.165, 1.54) is 0 Å². The zero-order valence-electron chi connectivity index (χ0n) is 29.0. The second-order valence-corrected chi connectivity index (χ2v) is 12.1. The molecule has 1 aliphatic rings. The van der Waals surface area contributed by atoms with Crippen molar-refractivity contribution in [3.8, 4) is 11.1 Å². The lowest BCUT2D eigenvalue weighted by Gasteiger charge is -2.24. The fraction of sp³-hybridized carbons (Fsp3) is 0.359. The van der Waals surface area contributed by atoms with Gasteiger partial charge >= 0.3 is 5.97 Å². The lowest BCUT2D eigenvalue weighted by atomic mass is 9.96. The maximum Gasteiger partial charge on any atom is 0.306 e. The van der Waals surface area contributed by atoms with Gasteiger partial charge in [-0.2, -0.15) is 0 Å². The number of ether oxygens (including phenoxy) is 1. The van der Waals surface area contributed by atoms with Gasteiger partial charge in [0.1, 0.15) is 18.7 Å². The van der Waals surface area contributed by atoms with E-state index in [0.29, 0.717) is 30.9 Å². The second-order valence-electron chi connectivity index (χ2n) is 12.1. The van der Waals surface area contributed by atoms with Crippen LogP contribution in [-0.2, 0) is 23.9 Å². The highest BCUT2D eigenvalue weighted by molar-refractivity contribution is 5.93. The van der Waals surface area contributed by atoms with Crippen LogP contribution in [0.5, 0.6) is 0 Å². The fourth-order valence-electron chi connectivity index (χ4n) is 6.14. The van der Waals surface area contributed by atoms with E-state index in [1.54, 1.807) is 51.4 Å². The summed E-state index contributed by atoms with van der Waals surface area (Å²) >= 11 is 0. The van der Waals surface area contributed by atoms with E-state index in [9.17, 15) is 19.2 Å². The number of hydrogen-bond acceptors (Lipinski definition) is 6. The Labute approximate surface area is 294 Å². The van der Waals surface area contributed by atoms with E-state index in [-0.39, 0.29) is 31.9 Å². The number of amides is 3. The molecule has 0 unspecified atom stereocenters. The first-order valence-electron chi connectivity index (χ1n) is 17.1. The first-order chi connectivity index (χ1) is 24.3. The molecule has 3 aromatic rings. The Bertz CT molecular complexity index is 1610. The van der Waals surface area contributed by atoms with Crippen molar-refractivity contribution in [1.82, 2.24) is 26.6 Å². The predicted octanol–water partition coefficient (Wildman–Crippen LogP) is 3.98. The molecular weight excluding hydrogens is 632 g/mol. The Morgan fingerprint density at radius 2 is 1.50 bits per heavy atom. The first-order valence-corrected chi connectivity index (χ1v) is 17.1. The van der Waals surface area contributed by atoms with E-state index < -0.39 is 41.7 Å². The zero-order valence-corrected chi connectivity index (χ0v) is 29.0. The lowest BCUT2D eigenvalue weighted by Crippen LogP contribution is -2.51. The van der Waals surface area contributed by atoms with Crippen molar-refractivity contribution in [3.63, 3.8) is 0 Å². The zero-order chi connectivity index (χ0) is 35.9. The van der Waals surface area contributed by atoms with Crippen molar-refractivity contribution in [2.24, 2.45) is 10.9 Å². The number of hydrogen-bond donors (Lipinski definition) is 5. The highest BCUT2D eigenvalue weighted by atomic mass is 16.5. The van der Waals surface area contributed by atoms with E-state index in [2.05, 4.69) is 62.4 Å². The molecule has 11 nitrogen and oxygen atoms in total. The van der Waals surface area contributed by atoms with Gasteiger partial charge in [-0.1, -0.05) is 91.9 Å². The molecule has 3 aromatic carbocycles. The Morgan fingerprint density at radius 1 is 0.860 bits per heavy atom. The highest BCUT2D eigenvalue weighted by Gasteiger charge is 2.32. The van der Waals surface area contributed by atoms with Gasteiger partial charge in [-0.05, 0) is 47.1 Å². The van der Waals surface area contributed by atoms with Crippen LogP contribution in [0, 0.1) is 5.92 Å². The third-order valence-corrected chi connectivity index (χ3v) is 8.78. The molecule has 11 heteroatoms. The molecule has 0 bridgehead atoms. The molecule has 50 heavy (non-hydrogen) atoms. The van der Waals surface area contributed by atoms with Crippen LogP contribution in [0.3, 0.4) is 0 Å². The van der Waals surface area contributed by atoms with Crippen molar-refractivity contribution >= 4 is 29.7 Å². The maximum atomic E-state index is 13.8. The summed E-state index contributed by atoms with van der Waals surface area (Å²) in [5, 5.41) is 14.5. The summed E-state index contributed by atoms with van der Waals surface area (Å²) in [6.45, 7) is 6.30. The highest BCUT2D eigenvalue weighted by Crippen LogP contribution is 2.44. The normalized spacial score (nSPS) is 13.9. The molecule has 0 radical (unpaired) electrons. The predicted molar refractivity (Wildman–Crippen MR) is 195 cm³/mol. The van der Waals surface area contributed by atoms with E-state index in [4.69, 9.17) is 4.74 Å². The Kier molecular flexibility index (Phi) is 14.1. The van der Waals surface area contributed by atoms with E-state index >= 15 is 0 Å². The summed E-state index contributed by atoms with van der Waals surface area (Å²) < 4.78 is 5.84. The van der Waals surface area contributed by atoms with Crippen LogP contribution < -0.4 is 26.6 Å². The van der Waals surface area contributed by atoms with Crippen LogP contribution in [0.4, 0.5) is 0 Å². The smallest absolute Gasteiger partial charge is 0.306 e. The van der Waals surface area contributed by atoms with Crippen LogP contribution in [0.15, 0.2) is 96.5 Å². The topological polar surface area (TPSA) is 150 Å².